The van der Waals surface area contributed by atoms with Crippen molar-refractivity contribution >= 4 is 23.0 Å². The van der Waals surface area contributed by atoms with Gasteiger partial charge >= 0.3 is 0 Å². The Kier molecular flexibility index (Phi) is 3.35. The van der Waals surface area contributed by atoms with Crippen LogP contribution in [0.3, 0.4) is 0 Å². The van der Waals surface area contributed by atoms with E-state index in [1.807, 2.05) is 30.0 Å². The number of carbonyl (C=O) groups is 1. The molecule has 108 valence electrons. The molecule has 5 heteroatoms. The van der Waals surface area contributed by atoms with Crippen LogP contribution in [0.4, 0.5) is 21.5 Å². The molecular formula is C16H16FN3O. The number of benzene rings is 2. The monoisotopic (exact) mass is 285 g/mol. The molecule has 2 aromatic rings. The zero-order valence-corrected chi connectivity index (χ0v) is 11.6. The second-order valence-corrected chi connectivity index (χ2v) is 4.93. The number of hydrogen-bond donors (Lipinski definition) is 2. The molecule has 3 rings (SSSR count). The van der Waals surface area contributed by atoms with Crippen molar-refractivity contribution in [3.05, 3.63) is 53.8 Å². The zero-order valence-electron chi connectivity index (χ0n) is 11.6. The van der Waals surface area contributed by atoms with Gasteiger partial charge in [0.1, 0.15) is 11.9 Å². The van der Waals surface area contributed by atoms with Gasteiger partial charge in [0, 0.05) is 23.5 Å². The van der Waals surface area contributed by atoms with Crippen LogP contribution in [0.2, 0.25) is 0 Å². The van der Waals surface area contributed by atoms with Crippen molar-refractivity contribution in [1.82, 2.24) is 0 Å². The Hall–Kier alpha value is -2.40. The lowest BCUT2D eigenvalue weighted by Crippen LogP contribution is -2.19. The Morgan fingerprint density at radius 1 is 1.29 bits per heavy atom. The molecule has 1 aliphatic heterocycles. The molecule has 0 saturated carbocycles. The van der Waals surface area contributed by atoms with Gasteiger partial charge in [0.25, 0.3) is 0 Å². The average Bonchev–Trinajstić information content (AvgIpc) is 2.77. The Bertz CT molecular complexity index is 702. The Labute approximate surface area is 122 Å². The number of rotatable bonds is 3. The second kappa shape index (κ2) is 5.18. The minimum Gasteiger partial charge on any atom is -0.339 e. The number of carbonyl (C=O) groups excluding carboxylic acids is 1. The third-order valence-electron chi connectivity index (χ3n) is 3.68. The summed E-state index contributed by atoms with van der Waals surface area (Å²) in [4.78, 5) is 13.4. The second-order valence-electron chi connectivity index (χ2n) is 4.93. The topological polar surface area (TPSA) is 58.4 Å². The van der Waals surface area contributed by atoms with Crippen LogP contribution in [0.15, 0.2) is 42.5 Å². The van der Waals surface area contributed by atoms with Crippen LogP contribution in [0.5, 0.6) is 0 Å². The number of fused-ring (bicyclic) bond motifs is 1. The molecule has 21 heavy (non-hydrogen) atoms. The van der Waals surface area contributed by atoms with Crippen LogP contribution in [-0.4, -0.2) is 12.5 Å². The Balaban J connectivity index is 2.02. The molecule has 1 aliphatic rings. The summed E-state index contributed by atoms with van der Waals surface area (Å²) in [7, 11) is 0. The first-order chi connectivity index (χ1) is 10.1. The highest BCUT2D eigenvalue weighted by Crippen LogP contribution is 2.35. The lowest BCUT2D eigenvalue weighted by Gasteiger charge is -2.24. The van der Waals surface area contributed by atoms with E-state index in [2.05, 4.69) is 5.32 Å². The normalized spacial score (nSPS) is 16.5. The number of para-hydroxylation sites is 1. The molecule has 0 aliphatic carbocycles. The molecule has 4 nitrogen and oxygen atoms in total. The van der Waals surface area contributed by atoms with Gasteiger partial charge in [-0.15, -0.1) is 0 Å². The van der Waals surface area contributed by atoms with Gasteiger partial charge in [-0.05, 0) is 31.2 Å². The number of nitrogens with two attached hydrogens (primary N) is 1. The van der Waals surface area contributed by atoms with Gasteiger partial charge in [0.15, 0.2) is 0 Å². The van der Waals surface area contributed by atoms with Gasteiger partial charge in [0.05, 0.1) is 5.69 Å². The molecule has 0 fully saturated rings. The minimum absolute atomic E-state index is 0.212. The fourth-order valence-corrected chi connectivity index (χ4v) is 2.61. The third-order valence-corrected chi connectivity index (χ3v) is 3.68. The van der Waals surface area contributed by atoms with E-state index in [-0.39, 0.29) is 11.7 Å². The zero-order chi connectivity index (χ0) is 15.0. The number of nitrogens with zero attached hydrogens (tertiary/aromatic N) is 1. The van der Waals surface area contributed by atoms with Crippen molar-refractivity contribution in [2.75, 3.05) is 16.8 Å². The molecule has 0 saturated heterocycles. The lowest BCUT2D eigenvalue weighted by atomic mass is 10.1. The summed E-state index contributed by atoms with van der Waals surface area (Å²) in [5, 5.41) is 2.75. The van der Waals surface area contributed by atoms with Gasteiger partial charge < -0.3 is 16.0 Å². The van der Waals surface area contributed by atoms with E-state index < -0.39 is 6.04 Å². The molecular weight excluding hydrogens is 269 g/mol. The first kappa shape index (κ1) is 13.6. The van der Waals surface area contributed by atoms with Crippen LogP contribution in [0.25, 0.3) is 0 Å². The minimum atomic E-state index is -0.627. The highest BCUT2D eigenvalue weighted by molar-refractivity contribution is 6.03. The highest BCUT2D eigenvalue weighted by Gasteiger charge is 2.27. The summed E-state index contributed by atoms with van der Waals surface area (Å²) in [5.41, 5.74) is 8.59. The lowest BCUT2D eigenvalue weighted by molar-refractivity contribution is -0.116. The summed E-state index contributed by atoms with van der Waals surface area (Å²) in [5.74, 6) is -0.489. The number of hydrogen-bond acceptors (Lipinski definition) is 3. The summed E-state index contributed by atoms with van der Waals surface area (Å²) in [6, 6.07) is 11.5. The standard InChI is InChI=1S/C16H16FN3O/c1-2-20(14-6-4-3-5-12(14)17)10-7-8-11-13(9-10)19-16(21)15(11)18/h3-9,15H,2,18H2,1H3,(H,19,21). The maximum absolute atomic E-state index is 14.0. The smallest absolute Gasteiger partial charge is 0.245 e. The van der Waals surface area contributed by atoms with E-state index in [9.17, 15) is 9.18 Å². The Morgan fingerprint density at radius 3 is 2.76 bits per heavy atom. The van der Waals surface area contributed by atoms with Crippen molar-refractivity contribution < 1.29 is 9.18 Å². The van der Waals surface area contributed by atoms with Crippen LogP contribution in [-0.2, 0) is 4.79 Å². The van der Waals surface area contributed by atoms with Crippen molar-refractivity contribution in [3.63, 3.8) is 0 Å². The highest BCUT2D eigenvalue weighted by atomic mass is 19.1. The molecule has 0 bridgehead atoms. The molecule has 0 aromatic heterocycles. The molecule has 1 heterocycles. The summed E-state index contributed by atoms with van der Waals surface area (Å²) in [6.45, 7) is 2.56. The van der Waals surface area contributed by atoms with Gasteiger partial charge in [-0.25, -0.2) is 4.39 Å². The molecule has 1 unspecified atom stereocenters. The number of anilines is 3. The quantitative estimate of drug-likeness (QED) is 0.911. The van der Waals surface area contributed by atoms with Gasteiger partial charge in [-0.3, -0.25) is 4.79 Å². The van der Waals surface area contributed by atoms with Crippen LogP contribution in [0, 0.1) is 5.82 Å². The maximum Gasteiger partial charge on any atom is 0.245 e. The van der Waals surface area contributed by atoms with E-state index in [0.29, 0.717) is 17.9 Å². The van der Waals surface area contributed by atoms with Gasteiger partial charge in [-0.2, -0.15) is 0 Å². The number of nitrogens with one attached hydrogen (secondary N) is 1. The van der Waals surface area contributed by atoms with Crippen molar-refractivity contribution in [2.45, 2.75) is 13.0 Å². The van der Waals surface area contributed by atoms with E-state index in [0.717, 1.165) is 11.3 Å². The van der Waals surface area contributed by atoms with Crippen molar-refractivity contribution in [3.8, 4) is 0 Å². The van der Waals surface area contributed by atoms with E-state index >= 15 is 0 Å². The van der Waals surface area contributed by atoms with Crippen LogP contribution >= 0.6 is 0 Å². The van der Waals surface area contributed by atoms with Gasteiger partial charge in [0.2, 0.25) is 5.91 Å². The fourth-order valence-electron chi connectivity index (χ4n) is 2.61. The molecule has 2 aromatic carbocycles. The predicted octanol–water partition coefficient (Wildman–Crippen LogP) is 2.94. The van der Waals surface area contributed by atoms with Crippen molar-refractivity contribution in [1.29, 1.82) is 0 Å². The predicted molar refractivity (Wildman–Crippen MR) is 81.1 cm³/mol. The van der Waals surface area contributed by atoms with Crippen molar-refractivity contribution in [2.24, 2.45) is 5.73 Å². The maximum atomic E-state index is 14.0. The summed E-state index contributed by atoms with van der Waals surface area (Å²) in [6.07, 6.45) is 0. The average molecular weight is 285 g/mol. The Morgan fingerprint density at radius 2 is 2.05 bits per heavy atom. The van der Waals surface area contributed by atoms with E-state index in [4.69, 9.17) is 5.73 Å². The first-order valence-electron chi connectivity index (χ1n) is 6.84. The van der Waals surface area contributed by atoms with E-state index in [1.54, 1.807) is 18.2 Å². The first-order valence-corrected chi connectivity index (χ1v) is 6.84. The molecule has 0 radical (unpaired) electrons. The molecule has 3 N–H and O–H groups in total. The third kappa shape index (κ3) is 2.25. The number of halogens is 1. The fraction of sp³-hybridized carbons (Fsp3) is 0.188. The SMILES string of the molecule is CCN(c1ccc2c(c1)NC(=O)C2N)c1ccccc1F. The van der Waals surface area contributed by atoms with Crippen LogP contribution in [0.1, 0.15) is 18.5 Å². The summed E-state index contributed by atoms with van der Waals surface area (Å²) >= 11 is 0. The molecule has 1 amide bonds. The van der Waals surface area contributed by atoms with E-state index in [1.165, 1.54) is 6.07 Å². The van der Waals surface area contributed by atoms with Crippen LogP contribution < -0.4 is 16.0 Å². The van der Waals surface area contributed by atoms with Gasteiger partial charge in [-0.1, -0.05) is 18.2 Å². The summed E-state index contributed by atoms with van der Waals surface area (Å²) < 4.78 is 14.0. The largest absolute Gasteiger partial charge is 0.339 e. The number of amides is 1. The molecule has 0 spiro atoms. The molecule has 1 atom stereocenters.